The summed E-state index contributed by atoms with van der Waals surface area (Å²) in [5.41, 5.74) is 1.28. The number of ether oxygens (including phenoxy) is 2. The Bertz CT molecular complexity index is 1160. The molecular weight excluding hydrogens is 454 g/mol. The van der Waals surface area contributed by atoms with Crippen LogP contribution >= 0.6 is 0 Å². The fourth-order valence-electron chi connectivity index (χ4n) is 3.45. The number of hydrogen-bond acceptors (Lipinski definition) is 7. The van der Waals surface area contributed by atoms with E-state index in [1.807, 2.05) is 0 Å². The zero-order valence-electron chi connectivity index (χ0n) is 19.8. The van der Waals surface area contributed by atoms with Crippen molar-refractivity contribution in [3.05, 3.63) is 70.8 Å². The van der Waals surface area contributed by atoms with E-state index in [0.717, 1.165) is 0 Å². The predicted molar refractivity (Wildman–Crippen MR) is 127 cm³/mol. The fourth-order valence-corrected chi connectivity index (χ4v) is 3.45. The van der Waals surface area contributed by atoms with Crippen LogP contribution in [0.5, 0.6) is 0 Å². The minimum atomic E-state index is -0.826. The first-order valence-corrected chi connectivity index (χ1v) is 11.0. The van der Waals surface area contributed by atoms with Crippen molar-refractivity contribution in [1.82, 2.24) is 10.2 Å². The van der Waals surface area contributed by atoms with Crippen LogP contribution in [0.1, 0.15) is 25.4 Å². The van der Waals surface area contributed by atoms with Gasteiger partial charge in [-0.3, -0.25) is 14.4 Å². The molecule has 10 heteroatoms. The molecule has 0 unspecified atom stereocenters. The summed E-state index contributed by atoms with van der Waals surface area (Å²) in [5.74, 6) is -1.95. The Morgan fingerprint density at radius 3 is 2.51 bits per heavy atom. The third kappa shape index (κ3) is 6.24. The number of carbonyl (C=O) groups is 4. The number of amides is 3. The van der Waals surface area contributed by atoms with Crippen LogP contribution in [0.3, 0.4) is 0 Å². The van der Waals surface area contributed by atoms with E-state index in [9.17, 15) is 19.2 Å². The molecule has 1 aromatic carbocycles. The Hall–Kier alpha value is -4.18. The number of nitrogens with zero attached hydrogens (tertiary/aromatic N) is 1. The van der Waals surface area contributed by atoms with Crippen molar-refractivity contribution in [1.29, 1.82) is 0 Å². The first kappa shape index (κ1) is 25.4. The number of hydrogen-bond donors (Lipinski definition) is 2. The molecule has 3 rings (SSSR count). The van der Waals surface area contributed by atoms with Gasteiger partial charge < -0.3 is 29.4 Å². The number of furan rings is 1. The van der Waals surface area contributed by atoms with Gasteiger partial charge in [-0.25, -0.2) is 4.79 Å². The number of para-hydroxylation sites is 1. The van der Waals surface area contributed by atoms with Gasteiger partial charge in [-0.15, -0.1) is 0 Å². The van der Waals surface area contributed by atoms with Crippen molar-refractivity contribution in [2.75, 3.05) is 32.2 Å². The molecule has 0 spiro atoms. The molecule has 2 aromatic rings. The normalized spacial score (nSPS) is 14.4. The monoisotopic (exact) mass is 481 g/mol. The summed E-state index contributed by atoms with van der Waals surface area (Å²) in [5, 5.41) is 4.97. The molecule has 35 heavy (non-hydrogen) atoms. The maximum absolute atomic E-state index is 13.0. The summed E-state index contributed by atoms with van der Waals surface area (Å²) in [6.07, 6.45) is 1.46. The Balaban J connectivity index is 1.70. The topological polar surface area (TPSA) is 127 Å². The van der Waals surface area contributed by atoms with Gasteiger partial charge in [0.15, 0.2) is 0 Å². The second kappa shape index (κ2) is 11.8. The smallest absolute Gasteiger partial charge is 0.340 e. The maximum Gasteiger partial charge on any atom is 0.340 e. The van der Waals surface area contributed by atoms with Gasteiger partial charge in [0.1, 0.15) is 11.5 Å². The summed E-state index contributed by atoms with van der Waals surface area (Å²) in [6.45, 7) is 4.06. The van der Waals surface area contributed by atoms with Gasteiger partial charge in [0.25, 0.3) is 5.91 Å². The first-order valence-electron chi connectivity index (χ1n) is 11.0. The minimum Gasteiger partial charge on any atom is -0.462 e. The van der Waals surface area contributed by atoms with E-state index in [0.29, 0.717) is 29.5 Å². The first-order chi connectivity index (χ1) is 16.8. The van der Waals surface area contributed by atoms with Crippen molar-refractivity contribution in [3.63, 3.8) is 0 Å². The molecule has 0 fully saturated rings. The molecule has 1 aliphatic heterocycles. The number of nitrogens with one attached hydrogen (secondary N) is 2. The molecule has 0 bridgehead atoms. The fraction of sp³-hybridized carbons (Fsp3) is 0.280. The lowest BCUT2D eigenvalue weighted by atomic mass is 10.1. The Labute approximate surface area is 202 Å². The van der Waals surface area contributed by atoms with E-state index in [1.54, 1.807) is 56.3 Å². The van der Waals surface area contributed by atoms with E-state index in [2.05, 4.69) is 10.6 Å². The van der Waals surface area contributed by atoms with Crippen LogP contribution in [0.4, 0.5) is 5.69 Å². The van der Waals surface area contributed by atoms with Crippen molar-refractivity contribution >= 4 is 35.5 Å². The number of benzene rings is 1. The van der Waals surface area contributed by atoms with Gasteiger partial charge in [-0.1, -0.05) is 18.2 Å². The predicted octanol–water partition coefficient (Wildman–Crippen LogP) is 2.24. The van der Waals surface area contributed by atoms with Crippen molar-refractivity contribution in [2.24, 2.45) is 0 Å². The van der Waals surface area contributed by atoms with Gasteiger partial charge in [-0.05, 0) is 44.2 Å². The quantitative estimate of drug-likeness (QED) is 0.319. The molecule has 3 amide bonds. The molecule has 2 N–H and O–H groups in total. The number of anilines is 1. The van der Waals surface area contributed by atoms with Crippen LogP contribution in [-0.2, 0) is 35.2 Å². The van der Waals surface area contributed by atoms with Crippen LogP contribution in [-0.4, -0.2) is 55.5 Å². The SMILES string of the molecule is CCOC(=O)C1=C(C)N(CCOC)C(=O)/C1=C/c1ccc(CNC(=O)C(=O)Nc2ccccc2)o1. The Kier molecular flexibility index (Phi) is 8.58. The summed E-state index contributed by atoms with van der Waals surface area (Å²) in [7, 11) is 1.52. The Morgan fingerprint density at radius 1 is 1.09 bits per heavy atom. The molecule has 0 atom stereocenters. The maximum atomic E-state index is 13.0. The zero-order chi connectivity index (χ0) is 25.4. The molecule has 184 valence electrons. The number of esters is 1. The van der Waals surface area contributed by atoms with Crippen molar-refractivity contribution in [2.45, 2.75) is 20.4 Å². The number of carbonyl (C=O) groups excluding carboxylic acids is 4. The van der Waals surface area contributed by atoms with E-state index < -0.39 is 17.8 Å². The molecule has 10 nitrogen and oxygen atoms in total. The molecule has 1 aliphatic rings. The second-order valence-electron chi connectivity index (χ2n) is 7.50. The highest BCUT2D eigenvalue weighted by molar-refractivity contribution is 6.39. The van der Waals surface area contributed by atoms with Crippen LogP contribution in [0.15, 0.2) is 63.7 Å². The van der Waals surface area contributed by atoms with Gasteiger partial charge in [-0.2, -0.15) is 0 Å². The standard InChI is InChI=1S/C25H27N3O7/c1-4-34-25(32)21-16(2)28(12-13-33-3)24(31)20(21)14-18-10-11-19(35-18)15-26-22(29)23(30)27-17-8-6-5-7-9-17/h5-11,14H,4,12-13,15H2,1-3H3,(H,26,29)(H,27,30)/b20-14+. The van der Waals surface area contributed by atoms with E-state index in [4.69, 9.17) is 13.9 Å². The molecule has 0 saturated heterocycles. The zero-order valence-corrected chi connectivity index (χ0v) is 19.8. The lowest BCUT2D eigenvalue weighted by Crippen LogP contribution is -2.34. The molecule has 1 aromatic heterocycles. The van der Waals surface area contributed by atoms with Crippen LogP contribution < -0.4 is 10.6 Å². The van der Waals surface area contributed by atoms with E-state index in [1.165, 1.54) is 18.1 Å². The molecule has 0 aliphatic carbocycles. The van der Waals surface area contributed by atoms with Crippen molar-refractivity contribution < 1.29 is 33.1 Å². The molecule has 2 heterocycles. The second-order valence-corrected chi connectivity index (χ2v) is 7.50. The molecule has 0 saturated carbocycles. The largest absolute Gasteiger partial charge is 0.462 e. The van der Waals surface area contributed by atoms with E-state index >= 15 is 0 Å². The average Bonchev–Trinajstić information content (AvgIpc) is 3.39. The summed E-state index contributed by atoms with van der Waals surface area (Å²) in [6, 6.07) is 11.8. The van der Waals surface area contributed by atoms with Crippen molar-refractivity contribution in [3.8, 4) is 0 Å². The summed E-state index contributed by atoms with van der Waals surface area (Å²) < 4.78 is 15.9. The number of rotatable bonds is 9. The van der Waals surface area contributed by atoms with Gasteiger partial charge in [0.05, 0.1) is 30.9 Å². The van der Waals surface area contributed by atoms with Gasteiger partial charge >= 0.3 is 17.8 Å². The van der Waals surface area contributed by atoms with Crippen LogP contribution in [0.2, 0.25) is 0 Å². The lowest BCUT2D eigenvalue weighted by molar-refractivity contribution is -0.138. The van der Waals surface area contributed by atoms with Gasteiger partial charge in [0, 0.05) is 25.0 Å². The summed E-state index contributed by atoms with van der Waals surface area (Å²) in [4.78, 5) is 51.1. The van der Waals surface area contributed by atoms with Gasteiger partial charge in [0.2, 0.25) is 0 Å². The Morgan fingerprint density at radius 2 is 1.83 bits per heavy atom. The molecular formula is C25H27N3O7. The third-order valence-corrected chi connectivity index (χ3v) is 5.14. The highest BCUT2D eigenvalue weighted by Gasteiger charge is 2.37. The average molecular weight is 482 g/mol. The lowest BCUT2D eigenvalue weighted by Gasteiger charge is -2.16. The summed E-state index contributed by atoms with van der Waals surface area (Å²) >= 11 is 0. The number of methoxy groups -OCH3 is 1. The van der Waals surface area contributed by atoms with Crippen LogP contribution in [0.25, 0.3) is 6.08 Å². The highest BCUT2D eigenvalue weighted by Crippen LogP contribution is 2.31. The van der Waals surface area contributed by atoms with Crippen LogP contribution in [0, 0.1) is 0 Å². The highest BCUT2D eigenvalue weighted by atomic mass is 16.5. The number of allylic oxidation sites excluding steroid dienone is 1. The third-order valence-electron chi connectivity index (χ3n) is 5.14. The molecule has 0 radical (unpaired) electrons. The minimum absolute atomic E-state index is 0.0439. The van der Waals surface area contributed by atoms with E-state index in [-0.39, 0.29) is 36.7 Å².